The molecule has 0 saturated heterocycles. The van der Waals surface area contributed by atoms with Gasteiger partial charge in [-0.3, -0.25) is 9.59 Å². The maximum absolute atomic E-state index is 13.6. The first-order valence-corrected chi connectivity index (χ1v) is 20.9. The number of nitrogens with one attached hydrogen (secondary N) is 2. The number of hydrogen-bond acceptors (Lipinski definition) is 12. The van der Waals surface area contributed by atoms with Crippen LogP contribution in [0.2, 0.25) is 0 Å². The van der Waals surface area contributed by atoms with Crippen molar-refractivity contribution >= 4 is 39.4 Å². The Morgan fingerprint density at radius 3 is 1.79 bits per heavy atom. The van der Waals surface area contributed by atoms with Gasteiger partial charge in [0.15, 0.2) is 16.9 Å². The Hall–Kier alpha value is -7.87. The minimum absolute atomic E-state index is 0.0618. The minimum Gasteiger partial charge on any atom is -0.462 e. The summed E-state index contributed by atoms with van der Waals surface area (Å²) in [5, 5.41) is 8.23. The first-order chi connectivity index (χ1) is 31.0. The molecule has 14 heteroatoms. The van der Waals surface area contributed by atoms with Crippen LogP contribution >= 0.6 is 0 Å². The van der Waals surface area contributed by atoms with E-state index in [1.165, 1.54) is 34.1 Å². The van der Waals surface area contributed by atoms with Crippen LogP contribution in [0.5, 0.6) is 0 Å². The average molecular weight is 841 g/mol. The summed E-state index contributed by atoms with van der Waals surface area (Å²) in [5.41, 5.74) is 7.68. The Labute approximate surface area is 362 Å². The number of rotatable bonds is 12. The molecule has 0 amide bonds. The quantitative estimate of drug-likeness (QED) is 0.119. The molecule has 0 radical (unpaired) electrons. The zero-order chi connectivity index (χ0) is 43.1. The Morgan fingerprint density at radius 1 is 0.667 bits per heavy atom. The first-order valence-electron chi connectivity index (χ1n) is 20.9. The van der Waals surface area contributed by atoms with E-state index in [0.29, 0.717) is 16.7 Å². The predicted octanol–water partition coefficient (Wildman–Crippen LogP) is 7.22. The number of benzene rings is 4. The third kappa shape index (κ3) is 8.55. The number of nitrogens with zero attached hydrogens (tertiary/aromatic N) is 6. The van der Waals surface area contributed by atoms with Gasteiger partial charge in [-0.2, -0.15) is 0 Å². The number of carbonyl (C=O) groups is 1. The predicted molar refractivity (Wildman–Crippen MR) is 239 cm³/mol. The van der Waals surface area contributed by atoms with E-state index in [9.17, 15) is 14.4 Å². The van der Waals surface area contributed by atoms with Crippen LogP contribution < -0.4 is 31.4 Å². The molecule has 2 unspecified atom stereocenters. The maximum Gasteiger partial charge on any atom is 0.346 e. The third-order valence-corrected chi connectivity index (χ3v) is 11.2. The smallest absolute Gasteiger partial charge is 0.346 e. The highest BCUT2D eigenvalue weighted by Gasteiger charge is 2.30. The molecule has 4 heterocycles. The summed E-state index contributed by atoms with van der Waals surface area (Å²) in [6, 6.07) is 37.4. The molecule has 10 rings (SSSR count). The van der Waals surface area contributed by atoms with Gasteiger partial charge in [0.25, 0.3) is 5.56 Å². The monoisotopic (exact) mass is 840 g/mol. The minimum atomic E-state index is -0.718. The molecule has 8 aromatic rings. The lowest BCUT2D eigenvalue weighted by atomic mass is 10.1. The summed E-state index contributed by atoms with van der Waals surface area (Å²) < 4.78 is 7.57. The van der Waals surface area contributed by atoms with Crippen LogP contribution in [0, 0.1) is 0 Å². The highest BCUT2D eigenvalue weighted by atomic mass is 16.7. The lowest BCUT2D eigenvalue weighted by Crippen LogP contribution is -2.34. The lowest BCUT2D eigenvalue weighted by Gasteiger charge is -2.21. The lowest BCUT2D eigenvalue weighted by molar-refractivity contribution is 0.0513. The largest absolute Gasteiger partial charge is 0.462 e. The van der Waals surface area contributed by atoms with Crippen LogP contribution in [0.15, 0.2) is 150 Å². The van der Waals surface area contributed by atoms with Gasteiger partial charge in [0, 0.05) is 18.5 Å². The zero-order valence-corrected chi connectivity index (χ0v) is 34.5. The van der Waals surface area contributed by atoms with E-state index in [2.05, 4.69) is 67.0 Å². The molecule has 0 saturated carbocycles. The molecule has 2 aliphatic carbocycles. The second-order valence-electron chi connectivity index (χ2n) is 15.2. The molecule has 0 bridgehead atoms. The molecule has 2 N–H and O–H groups in total. The van der Waals surface area contributed by atoms with E-state index in [1.807, 2.05) is 72.8 Å². The highest BCUT2D eigenvalue weighted by molar-refractivity contribution is 6.04. The van der Waals surface area contributed by atoms with Gasteiger partial charge in [-0.1, -0.05) is 109 Å². The van der Waals surface area contributed by atoms with Crippen LogP contribution in [0.1, 0.15) is 75.6 Å². The van der Waals surface area contributed by atoms with Gasteiger partial charge < -0.3 is 25.0 Å². The number of ether oxygens (including phenoxy) is 1. The van der Waals surface area contributed by atoms with Gasteiger partial charge in [0.2, 0.25) is 0 Å². The van der Waals surface area contributed by atoms with Gasteiger partial charge >= 0.3 is 11.5 Å². The number of aryl methyl sites for hydroxylation is 2. The van der Waals surface area contributed by atoms with Crippen LogP contribution in [-0.4, -0.2) is 42.0 Å². The summed E-state index contributed by atoms with van der Waals surface area (Å²) in [6.07, 6.45) is 9.84. The summed E-state index contributed by atoms with van der Waals surface area (Å²) in [6.45, 7) is 2.25. The Bertz CT molecular complexity index is 3030. The third-order valence-electron chi connectivity index (χ3n) is 11.2. The van der Waals surface area contributed by atoms with Crippen molar-refractivity contribution in [2.75, 3.05) is 17.2 Å². The molecular formula is C49H44N8O6. The molecule has 0 spiro atoms. The Balaban J connectivity index is 0.000000162. The fourth-order valence-corrected chi connectivity index (χ4v) is 8.25. The first kappa shape index (κ1) is 40.5. The molecule has 4 aromatic carbocycles. The van der Waals surface area contributed by atoms with E-state index >= 15 is 0 Å². The molecule has 14 nitrogen and oxygen atoms in total. The molecule has 0 aliphatic heterocycles. The molecule has 2 aliphatic rings. The van der Waals surface area contributed by atoms with Gasteiger partial charge in [-0.05, 0) is 66.0 Å². The van der Waals surface area contributed by atoms with Gasteiger partial charge in [-0.15, -0.1) is 9.46 Å². The van der Waals surface area contributed by atoms with E-state index in [1.54, 1.807) is 25.4 Å². The van der Waals surface area contributed by atoms with Crippen molar-refractivity contribution in [2.45, 2.75) is 57.9 Å². The molecule has 2 atom stereocenters. The van der Waals surface area contributed by atoms with Crippen molar-refractivity contribution in [1.82, 2.24) is 29.4 Å². The fourth-order valence-electron chi connectivity index (χ4n) is 8.25. The summed E-state index contributed by atoms with van der Waals surface area (Å²) in [5.74, 6) is -0.718. The molecule has 0 fully saturated rings. The number of carbonyl (C=O) groups excluding carboxylic acids is 1. The van der Waals surface area contributed by atoms with E-state index in [4.69, 9.17) is 14.4 Å². The summed E-state index contributed by atoms with van der Waals surface area (Å²) >= 11 is 0. The number of esters is 1. The van der Waals surface area contributed by atoms with Crippen molar-refractivity contribution < 1.29 is 19.2 Å². The standard InChI is InChI=1S/C26H24N4O4.C23H20N4O2/c1-2-33-26(32)22-23(29-21-13-12-18-10-6-7-11-19(18)21)20-14-27-16-28-24(20)30(25(22)31)34-15-17-8-4-3-5-9-17;28-22-12-21(26-20-11-10-17-8-4-5-9-18(17)20)19-13-24-15-25-23(19)27(22)29-14-16-6-2-1-3-7-16/h3-11,14,16,21,29H,2,12-13,15H2,1H3;1-9,12-13,15,20,26H,10-11,14H2. The SMILES string of the molecule is CCOC(=O)c1c(NC2CCc3ccccc32)c2cncnc2n(OCc2ccccc2)c1=O.O=c1cc(NC2CCc3ccccc32)c2cncnc2n1OCc1ccccc1. The van der Waals surface area contributed by atoms with E-state index < -0.39 is 11.5 Å². The Kier molecular flexibility index (Phi) is 11.8. The van der Waals surface area contributed by atoms with Crippen LogP contribution in [0.4, 0.5) is 11.4 Å². The van der Waals surface area contributed by atoms with Crippen LogP contribution in [0.25, 0.3) is 22.1 Å². The number of pyridine rings is 2. The van der Waals surface area contributed by atoms with Gasteiger partial charge in [0.1, 0.15) is 25.9 Å². The number of hydrogen-bond donors (Lipinski definition) is 2. The van der Waals surface area contributed by atoms with E-state index in [0.717, 1.165) is 58.2 Å². The molecular weight excluding hydrogens is 797 g/mol. The van der Waals surface area contributed by atoms with Gasteiger partial charge in [-0.25, -0.2) is 24.7 Å². The van der Waals surface area contributed by atoms with Crippen LogP contribution in [0.3, 0.4) is 0 Å². The van der Waals surface area contributed by atoms with Crippen LogP contribution in [-0.2, 0) is 30.8 Å². The number of aromatic nitrogens is 6. The Morgan fingerprint density at radius 2 is 1.19 bits per heavy atom. The maximum atomic E-state index is 13.6. The van der Waals surface area contributed by atoms with Crippen molar-refractivity contribution in [3.63, 3.8) is 0 Å². The van der Waals surface area contributed by atoms with E-state index in [-0.39, 0.29) is 48.7 Å². The van der Waals surface area contributed by atoms with Crippen molar-refractivity contribution in [3.05, 3.63) is 200 Å². The fraction of sp³-hybridized carbons (Fsp3) is 0.204. The van der Waals surface area contributed by atoms with Crippen molar-refractivity contribution in [3.8, 4) is 0 Å². The summed E-state index contributed by atoms with van der Waals surface area (Å²) in [7, 11) is 0. The van der Waals surface area contributed by atoms with Crippen molar-refractivity contribution in [1.29, 1.82) is 0 Å². The average Bonchev–Trinajstić information content (AvgIpc) is 3.93. The number of fused-ring (bicyclic) bond motifs is 4. The normalized spacial score (nSPS) is 14.9. The zero-order valence-electron chi connectivity index (χ0n) is 34.5. The molecule has 316 valence electrons. The summed E-state index contributed by atoms with van der Waals surface area (Å²) in [4.78, 5) is 68.1. The topological polar surface area (TPSA) is 164 Å². The van der Waals surface area contributed by atoms with Crippen molar-refractivity contribution in [2.24, 2.45) is 0 Å². The molecule has 63 heavy (non-hydrogen) atoms. The molecule has 4 aromatic heterocycles. The second-order valence-corrected chi connectivity index (χ2v) is 15.2. The van der Waals surface area contributed by atoms with Gasteiger partial charge in [0.05, 0.1) is 40.8 Å². The highest BCUT2D eigenvalue weighted by Crippen LogP contribution is 2.37. The second kappa shape index (κ2) is 18.4. The number of anilines is 2.